The maximum absolute atomic E-state index is 12.5. The van der Waals surface area contributed by atoms with Crippen LogP contribution in [0.25, 0.3) is 0 Å². The summed E-state index contributed by atoms with van der Waals surface area (Å²) in [5.74, 6) is -1.71. The summed E-state index contributed by atoms with van der Waals surface area (Å²) in [4.78, 5) is 26.7. The van der Waals surface area contributed by atoms with E-state index >= 15 is 0 Å². The summed E-state index contributed by atoms with van der Waals surface area (Å²) >= 11 is 0. The number of benzene rings is 1. The Bertz CT molecular complexity index is 533. The highest BCUT2D eigenvalue weighted by Gasteiger charge is 2.46. The van der Waals surface area contributed by atoms with Gasteiger partial charge in [-0.3, -0.25) is 14.5 Å². The Morgan fingerprint density at radius 3 is 2.39 bits per heavy atom. The molecule has 0 aliphatic carbocycles. The van der Waals surface area contributed by atoms with Gasteiger partial charge in [-0.05, 0) is 12.1 Å². The van der Waals surface area contributed by atoms with Crippen molar-refractivity contribution in [3.63, 3.8) is 0 Å². The topological polar surface area (TPSA) is 65.1 Å². The average Bonchev–Trinajstić information content (AvgIpc) is 2.80. The Balaban J connectivity index is 2.48. The summed E-state index contributed by atoms with van der Waals surface area (Å²) < 4.78 is 15.8. The molecule has 1 aliphatic heterocycles. The first-order valence-corrected chi connectivity index (χ1v) is 7.70. The number of hydrogen-bond donors (Lipinski definition) is 0. The van der Waals surface area contributed by atoms with E-state index in [4.69, 9.17) is 14.2 Å². The van der Waals surface area contributed by atoms with Gasteiger partial charge in [0.1, 0.15) is 12.0 Å². The number of ether oxygens (including phenoxy) is 3. The van der Waals surface area contributed by atoms with E-state index in [2.05, 4.69) is 0 Å². The lowest BCUT2D eigenvalue weighted by atomic mass is 9.88. The number of hydrogen-bond acceptors (Lipinski definition) is 6. The predicted octanol–water partition coefficient (Wildman–Crippen LogP) is 1.41. The quantitative estimate of drug-likeness (QED) is 0.781. The second-order valence-corrected chi connectivity index (χ2v) is 5.35. The zero-order valence-corrected chi connectivity index (χ0v) is 13.7. The molecule has 0 spiro atoms. The molecule has 1 heterocycles. The van der Waals surface area contributed by atoms with Crippen LogP contribution in [0.15, 0.2) is 30.3 Å². The summed E-state index contributed by atoms with van der Waals surface area (Å²) in [7, 11) is 2.65. The lowest BCUT2D eigenvalue weighted by Gasteiger charge is -2.32. The fourth-order valence-corrected chi connectivity index (χ4v) is 3.04. The summed E-state index contributed by atoms with van der Waals surface area (Å²) in [6.07, 6.45) is -0.552. The molecule has 6 heteroatoms. The van der Waals surface area contributed by atoms with Gasteiger partial charge >= 0.3 is 11.9 Å². The first-order valence-electron chi connectivity index (χ1n) is 7.70. The Kier molecular flexibility index (Phi) is 6.12. The molecule has 0 radical (unpaired) electrons. The molecule has 1 fully saturated rings. The Labute approximate surface area is 136 Å². The third-order valence-corrected chi connectivity index (χ3v) is 4.19. The third kappa shape index (κ3) is 3.71. The highest BCUT2D eigenvalue weighted by molar-refractivity contribution is 5.85. The zero-order chi connectivity index (χ0) is 16.8. The molecule has 126 valence electrons. The molecule has 3 unspecified atom stereocenters. The van der Waals surface area contributed by atoms with Gasteiger partial charge in [-0.1, -0.05) is 37.3 Å². The van der Waals surface area contributed by atoms with E-state index < -0.39 is 30.0 Å². The molecule has 2 rings (SSSR count). The van der Waals surface area contributed by atoms with Crippen molar-refractivity contribution in [2.45, 2.75) is 19.1 Å². The summed E-state index contributed by atoms with van der Waals surface area (Å²) in [5.41, 5.74) is 0.842. The SMILES string of the molecule is CCN1CCOC(c2ccccc2)C(C(=O)OC)C1C(=O)OC. The van der Waals surface area contributed by atoms with Gasteiger partial charge in [-0.2, -0.15) is 0 Å². The average molecular weight is 321 g/mol. The smallest absolute Gasteiger partial charge is 0.324 e. The van der Waals surface area contributed by atoms with E-state index in [1.165, 1.54) is 14.2 Å². The van der Waals surface area contributed by atoms with E-state index in [1.54, 1.807) is 0 Å². The molecule has 1 aliphatic rings. The number of methoxy groups -OCH3 is 2. The van der Waals surface area contributed by atoms with Gasteiger partial charge < -0.3 is 14.2 Å². The molecule has 0 N–H and O–H groups in total. The largest absolute Gasteiger partial charge is 0.469 e. The number of rotatable bonds is 4. The minimum Gasteiger partial charge on any atom is -0.469 e. The summed E-state index contributed by atoms with van der Waals surface area (Å²) in [5, 5.41) is 0. The monoisotopic (exact) mass is 321 g/mol. The first-order chi connectivity index (χ1) is 11.1. The van der Waals surface area contributed by atoms with Crippen molar-refractivity contribution in [1.29, 1.82) is 0 Å². The van der Waals surface area contributed by atoms with Crippen LogP contribution in [0.3, 0.4) is 0 Å². The zero-order valence-electron chi connectivity index (χ0n) is 13.7. The van der Waals surface area contributed by atoms with Crippen molar-refractivity contribution >= 4 is 11.9 Å². The van der Waals surface area contributed by atoms with E-state index in [1.807, 2.05) is 42.2 Å². The van der Waals surface area contributed by atoms with E-state index in [0.29, 0.717) is 19.7 Å². The molecule has 0 amide bonds. The molecular weight excluding hydrogens is 298 g/mol. The molecule has 1 aromatic carbocycles. The Hall–Kier alpha value is -1.92. The number of esters is 2. The van der Waals surface area contributed by atoms with Crippen LogP contribution < -0.4 is 0 Å². The highest BCUT2D eigenvalue weighted by Crippen LogP contribution is 2.34. The number of likely N-dealkylation sites (N-methyl/N-ethyl adjacent to an activating group) is 1. The second-order valence-electron chi connectivity index (χ2n) is 5.35. The normalized spacial score (nSPS) is 25.4. The summed E-state index contributed by atoms with van der Waals surface area (Å²) in [6, 6.07) is 8.69. The molecule has 0 saturated carbocycles. The molecule has 1 saturated heterocycles. The molecule has 1 aromatic rings. The van der Waals surface area contributed by atoms with Crippen molar-refractivity contribution < 1.29 is 23.8 Å². The summed E-state index contributed by atoms with van der Waals surface area (Å²) in [6.45, 7) is 3.52. The van der Waals surface area contributed by atoms with Crippen molar-refractivity contribution in [2.24, 2.45) is 5.92 Å². The van der Waals surface area contributed by atoms with E-state index in [0.717, 1.165) is 5.56 Å². The van der Waals surface area contributed by atoms with Gasteiger partial charge in [-0.15, -0.1) is 0 Å². The van der Waals surface area contributed by atoms with Crippen LogP contribution in [0.4, 0.5) is 0 Å². The first kappa shape index (κ1) is 17.4. The van der Waals surface area contributed by atoms with Crippen LogP contribution in [0.2, 0.25) is 0 Å². The fourth-order valence-electron chi connectivity index (χ4n) is 3.04. The third-order valence-electron chi connectivity index (χ3n) is 4.19. The van der Waals surface area contributed by atoms with Gasteiger partial charge in [0.05, 0.1) is 26.9 Å². The molecular formula is C17H23NO5. The highest BCUT2D eigenvalue weighted by atomic mass is 16.5. The van der Waals surface area contributed by atoms with E-state index in [-0.39, 0.29) is 0 Å². The number of carbonyl (C=O) groups is 2. The van der Waals surface area contributed by atoms with Crippen molar-refractivity contribution in [1.82, 2.24) is 4.90 Å². The van der Waals surface area contributed by atoms with E-state index in [9.17, 15) is 9.59 Å². The van der Waals surface area contributed by atoms with Gasteiger partial charge in [-0.25, -0.2) is 0 Å². The van der Waals surface area contributed by atoms with Crippen LogP contribution in [-0.4, -0.2) is 56.8 Å². The van der Waals surface area contributed by atoms with Crippen molar-refractivity contribution in [3.8, 4) is 0 Å². The molecule has 6 nitrogen and oxygen atoms in total. The minimum absolute atomic E-state index is 0.425. The van der Waals surface area contributed by atoms with Crippen molar-refractivity contribution in [3.05, 3.63) is 35.9 Å². The van der Waals surface area contributed by atoms with Gasteiger partial charge in [0.25, 0.3) is 0 Å². The molecule has 0 aromatic heterocycles. The fraction of sp³-hybridized carbons (Fsp3) is 0.529. The lowest BCUT2D eigenvalue weighted by molar-refractivity contribution is -0.163. The van der Waals surface area contributed by atoms with Crippen LogP contribution in [0.1, 0.15) is 18.6 Å². The number of carbonyl (C=O) groups excluding carboxylic acids is 2. The maximum atomic E-state index is 12.5. The minimum atomic E-state index is -0.780. The Morgan fingerprint density at radius 2 is 1.83 bits per heavy atom. The molecule has 3 atom stereocenters. The second kappa shape index (κ2) is 8.08. The lowest BCUT2D eigenvalue weighted by Crippen LogP contribution is -2.50. The van der Waals surface area contributed by atoms with Gasteiger partial charge in [0.2, 0.25) is 0 Å². The van der Waals surface area contributed by atoms with Crippen LogP contribution in [-0.2, 0) is 23.8 Å². The van der Waals surface area contributed by atoms with Crippen LogP contribution in [0.5, 0.6) is 0 Å². The van der Waals surface area contributed by atoms with Crippen molar-refractivity contribution in [2.75, 3.05) is 33.9 Å². The molecule has 0 bridgehead atoms. The van der Waals surface area contributed by atoms with Crippen LogP contribution >= 0.6 is 0 Å². The Morgan fingerprint density at radius 1 is 1.17 bits per heavy atom. The maximum Gasteiger partial charge on any atom is 0.324 e. The van der Waals surface area contributed by atoms with Gasteiger partial charge in [0, 0.05) is 6.54 Å². The standard InChI is InChI=1S/C17H23NO5/c1-4-18-10-11-23-15(12-8-6-5-7-9-12)13(16(19)21-2)14(18)17(20)22-3/h5-9,13-15H,4,10-11H2,1-3H3. The predicted molar refractivity (Wildman–Crippen MR) is 83.7 cm³/mol. The number of nitrogens with zero attached hydrogens (tertiary/aromatic N) is 1. The van der Waals surface area contributed by atoms with Crippen LogP contribution in [0, 0.1) is 5.92 Å². The molecule has 23 heavy (non-hydrogen) atoms. The van der Waals surface area contributed by atoms with Gasteiger partial charge in [0.15, 0.2) is 0 Å².